The second-order valence-electron chi connectivity index (χ2n) is 8.49. The summed E-state index contributed by atoms with van der Waals surface area (Å²) >= 11 is 0. The third-order valence-electron chi connectivity index (χ3n) is 6.42. The highest BCUT2D eigenvalue weighted by Crippen LogP contribution is 2.37. The molecule has 2 aliphatic heterocycles. The Hall–Kier alpha value is -3.18. The number of hydrogen-bond donors (Lipinski definition) is 1. The molecular formula is C24H28N4O4. The second kappa shape index (κ2) is 9.53. The van der Waals surface area contributed by atoms with Crippen LogP contribution in [-0.4, -0.2) is 48.0 Å². The van der Waals surface area contributed by atoms with Crippen LogP contribution in [0.2, 0.25) is 0 Å². The van der Waals surface area contributed by atoms with E-state index in [1.807, 2.05) is 13.0 Å². The molecule has 4 rings (SSSR count). The lowest BCUT2D eigenvalue weighted by atomic mass is 9.75. The number of nitriles is 1. The summed E-state index contributed by atoms with van der Waals surface area (Å²) < 4.78 is 12.8. The molecule has 0 aliphatic carbocycles. The monoisotopic (exact) mass is 436 g/mol. The van der Waals surface area contributed by atoms with Gasteiger partial charge < -0.3 is 14.8 Å². The van der Waals surface area contributed by atoms with Gasteiger partial charge in [0, 0.05) is 31.9 Å². The number of esters is 1. The molecule has 0 radical (unpaired) electrons. The van der Waals surface area contributed by atoms with Gasteiger partial charge in [0.1, 0.15) is 5.69 Å². The highest BCUT2D eigenvalue weighted by molar-refractivity contribution is 5.94. The largest absolute Gasteiger partial charge is 0.462 e. The quantitative estimate of drug-likeness (QED) is 0.551. The predicted octanol–water partition coefficient (Wildman–Crippen LogP) is 2.65. The fourth-order valence-electron chi connectivity index (χ4n) is 4.53. The van der Waals surface area contributed by atoms with Crippen molar-refractivity contribution in [3.05, 3.63) is 52.3 Å². The summed E-state index contributed by atoms with van der Waals surface area (Å²) in [6.07, 6.45) is 3.91. The number of fused-ring (bicyclic) bond motifs is 1. The molecule has 168 valence electrons. The van der Waals surface area contributed by atoms with E-state index in [1.54, 1.807) is 28.9 Å². The average Bonchev–Trinajstić information content (AvgIpc) is 3.10. The van der Waals surface area contributed by atoms with E-state index in [1.165, 1.54) is 0 Å². The number of aromatic nitrogens is 2. The first-order valence-corrected chi connectivity index (χ1v) is 11.2. The third kappa shape index (κ3) is 4.53. The normalized spacial score (nSPS) is 17.2. The first-order valence-electron chi connectivity index (χ1n) is 11.2. The van der Waals surface area contributed by atoms with E-state index in [2.05, 4.69) is 5.32 Å². The lowest BCUT2D eigenvalue weighted by Gasteiger charge is -2.36. The number of benzene rings is 1. The summed E-state index contributed by atoms with van der Waals surface area (Å²) in [5.41, 5.74) is 3.55. The zero-order valence-electron chi connectivity index (χ0n) is 18.4. The second-order valence-corrected chi connectivity index (χ2v) is 8.49. The Labute approximate surface area is 187 Å². The molecule has 1 aromatic heterocycles. The van der Waals surface area contributed by atoms with Crippen molar-refractivity contribution in [3.63, 3.8) is 0 Å². The molecule has 3 heterocycles. The molecule has 1 aromatic carbocycles. The van der Waals surface area contributed by atoms with E-state index in [9.17, 15) is 9.59 Å². The highest BCUT2D eigenvalue weighted by Gasteiger charge is 2.39. The Bertz CT molecular complexity index is 1030. The van der Waals surface area contributed by atoms with Crippen LogP contribution in [-0.2, 0) is 28.9 Å². The van der Waals surface area contributed by atoms with Crippen molar-refractivity contribution in [2.45, 2.75) is 45.6 Å². The summed E-state index contributed by atoms with van der Waals surface area (Å²) in [4.78, 5) is 25.1. The maximum atomic E-state index is 12.9. The minimum absolute atomic E-state index is 0.0115. The van der Waals surface area contributed by atoms with Gasteiger partial charge in [-0.1, -0.05) is 0 Å². The molecule has 1 N–H and O–H groups in total. The highest BCUT2D eigenvalue weighted by atomic mass is 16.5. The van der Waals surface area contributed by atoms with Crippen LogP contribution in [0, 0.1) is 16.7 Å². The smallest absolute Gasteiger partial charge is 0.338 e. The SMILES string of the molecule is CCn1nc(CCCOC(=O)c2ccc(C#N)cc2)c2c1C(=O)NCC1(CCOCC1)C2. The van der Waals surface area contributed by atoms with Crippen LogP contribution < -0.4 is 5.32 Å². The van der Waals surface area contributed by atoms with Crippen molar-refractivity contribution in [1.82, 2.24) is 15.1 Å². The van der Waals surface area contributed by atoms with E-state index in [0.29, 0.717) is 56.0 Å². The van der Waals surface area contributed by atoms with Crippen molar-refractivity contribution in [3.8, 4) is 6.07 Å². The summed E-state index contributed by atoms with van der Waals surface area (Å²) in [7, 11) is 0. The van der Waals surface area contributed by atoms with Crippen LogP contribution in [0.15, 0.2) is 24.3 Å². The topological polar surface area (TPSA) is 106 Å². The third-order valence-corrected chi connectivity index (χ3v) is 6.42. The number of ether oxygens (including phenoxy) is 2. The summed E-state index contributed by atoms with van der Waals surface area (Å²) in [6.45, 7) is 4.97. The van der Waals surface area contributed by atoms with Crippen LogP contribution in [0.3, 0.4) is 0 Å². The molecule has 1 amide bonds. The molecule has 8 heteroatoms. The Kier molecular flexibility index (Phi) is 6.56. The van der Waals surface area contributed by atoms with Crippen LogP contribution in [0.5, 0.6) is 0 Å². The molecule has 1 saturated heterocycles. The van der Waals surface area contributed by atoms with Gasteiger partial charge in [0.15, 0.2) is 0 Å². The van der Waals surface area contributed by atoms with Gasteiger partial charge in [-0.2, -0.15) is 10.4 Å². The van der Waals surface area contributed by atoms with Gasteiger partial charge in [0.2, 0.25) is 0 Å². The molecule has 32 heavy (non-hydrogen) atoms. The minimum atomic E-state index is -0.409. The van der Waals surface area contributed by atoms with Gasteiger partial charge >= 0.3 is 5.97 Å². The first-order chi connectivity index (χ1) is 15.5. The number of rotatable bonds is 6. The van der Waals surface area contributed by atoms with E-state index < -0.39 is 5.97 Å². The van der Waals surface area contributed by atoms with E-state index in [4.69, 9.17) is 19.8 Å². The molecule has 1 fully saturated rings. The Balaban J connectivity index is 1.43. The molecule has 2 aliphatic rings. The Morgan fingerprint density at radius 1 is 1.31 bits per heavy atom. The predicted molar refractivity (Wildman–Crippen MR) is 116 cm³/mol. The Morgan fingerprint density at radius 3 is 2.75 bits per heavy atom. The number of carbonyl (C=O) groups excluding carboxylic acids is 2. The van der Waals surface area contributed by atoms with Gasteiger partial charge in [-0.05, 0) is 68.7 Å². The first kappa shape index (κ1) is 22.0. The van der Waals surface area contributed by atoms with Gasteiger partial charge in [0.25, 0.3) is 5.91 Å². The number of amides is 1. The van der Waals surface area contributed by atoms with Crippen LogP contribution in [0.1, 0.15) is 63.9 Å². The zero-order chi connectivity index (χ0) is 22.6. The Morgan fingerprint density at radius 2 is 2.06 bits per heavy atom. The number of hydrogen-bond acceptors (Lipinski definition) is 6. The molecule has 0 atom stereocenters. The molecular weight excluding hydrogens is 408 g/mol. The molecule has 8 nitrogen and oxygen atoms in total. The molecule has 0 unspecified atom stereocenters. The molecule has 0 bridgehead atoms. The zero-order valence-corrected chi connectivity index (χ0v) is 18.4. The maximum absolute atomic E-state index is 12.9. The van der Waals surface area contributed by atoms with Crippen molar-refractivity contribution in [2.75, 3.05) is 26.4 Å². The number of nitrogens with one attached hydrogen (secondary N) is 1. The average molecular weight is 437 g/mol. The van der Waals surface area contributed by atoms with Crippen LogP contribution >= 0.6 is 0 Å². The lowest BCUT2D eigenvalue weighted by Crippen LogP contribution is -2.40. The summed E-state index contributed by atoms with van der Waals surface area (Å²) in [6, 6.07) is 8.41. The fraction of sp³-hybridized carbons (Fsp3) is 0.500. The van der Waals surface area contributed by atoms with Gasteiger partial charge in [-0.3, -0.25) is 9.48 Å². The molecule has 0 saturated carbocycles. The van der Waals surface area contributed by atoms with Gasteiger partial charge in [-0.25, -0.2) is 4.79 Å². The summed E-state index contributed by atoms with van der Waals surface area (Å²) in [5, 5.41) is 16.7. The van der Waals surface area contributed by atoms with Crippen LogP contribution in [0.25, 0.3) is 0 Å². The van der Waals surface area contributed by atoms with E-state index in [0.717, 1.165) is 30.5 Å². The van der Waals surface area contributed by atoms with Crippen molar-refractivity contribution in [2.24, 2.45) is 5.41 Å². The summed E-state index contributed by atoms with van der Waals surface area (Å²) in [5.74, 6) is -0.468. The van der Waals surface area contributed by atoms with Crippen molar-refractivity contribution >= 4 is 11.9 Å². The maximum Gasteiger partial charge on any atom is 0.338 e. The van der Waals surface area contributed by atoms with E-state index in [-0.39, 0.29) is 17.9 Å². The fourth-order valence-corrected chi connectivity index (χ4v) is 4.53. The van der Waals surface area contributed by atoms with Crippen LogP contribution in [0.4, 0.5) is 0 Å². The van der Waals surface area contributed by atoms with E-state index >= 15 is 0 Å². The van der Waals surface area contributed by atoms with Gasteiger partial charge in [0.05, 0.1) is 29.5 Å². The number of carbonyl (C=O) groups is 2. The molecule has 2 aromatic rings. The minimum Gasteiger partial charge on any atom is -0.462 e. The van der Waals surface area contributed by atoms with Crippen molar-refractivity contribution < 1.29 is 19.1 Å². The lowest BCUT2D eigenvalue weighted by molar-refractivity contribution is 0.0160. The van der Waals surface area contributed by atoms with Gasteiger partial charge in [-0.15, -0.1) is 0 Å². The number of aryl methyl sites for hydroxylation is 2. The molecule has 1 spiro atoms. The standard InChI is InChI=1S/C24H28N4O4/c1-2-28-21-19(14-24(16-26-22(21)29)9-12-31-13-10-24)20(27-28)4-3-11-32-23(30)18-7-5-17(15-25)6-8-18/h5-8H,2-4,9-14,16H2,1H3,(H,26,29). The van der Waals surface area contributed by atoms with Crippen molar-refractivity contribution in [1.29, 1.82) is 5.26 Å². The number of nitrogens with zero attached hydrogens (tertiary/aromatic N) is 3.